The van der Waals surface area contributed by atoms with E-state index in [1.54, 1.807) is 13.3 Å². The molecule has 0 aromatic rings. The van der Waals surface area contributed by atoms with Crippen LogP contribution in [0.2, 0.25) is 0 Å². The zero-order valence-corrected chi connectivity index (χ0v) is 7.01. The molecule has 6 heavy (non-hydrogen) atoms. The SMILES string of the molecule is CP(C)[O-].[Cl-].[Mg+2]. The van der Waals surface area contributed by atoms with Gasteiger partial charge in [-0.25, -0.2) is 8.15 Å². The van der Waals surface area contributed by atoms with Crippen molar-refractivity contribution in [1.82, 2.24) is 0 Å². The van der Waals surface area contributed by atoms with Crippen molar-refractivity contribution in [3.63, 3.8) is 0 Å². The van der Waals surface area contributed by atoms with Crippen molar-refractivity contribution in [2.24, 2.45) is 0 Å². The van der Waals surface area contributed by atoms with Gasteiger partial charge in [-0.1, -0.05) is 13.3 Å². The van der Waals surface area contributed by atoms with E-state index < -0.39 is 8.15 Å². The van der Waals surface area contributed by atoms with E-state index in [0.29, 0.717) is 0 Å². The third kappa shape index (κ3) is 51.5. The molecule has 0 aliphatic rings. The molecule has 0 heterocycles. The molecule has 0 fully saturated rings. The first-order valence-corrected chi connectivity index (χ1v) is 3.23. The van der Waals surface area contributed by atoms with Gasteiger partial charge in [0.25, 0.3) is 0 Å². The average molecular weight is 137 g/mol. The number of hydrogen-bond donors (Lipinski definition) is 0. The normalized spacial score (nSPS) is 6.00. The van der Waals surface area contributed by atoms with Gasteiger partial charge in [-0.15, -0.1) is 0 Å². The van der Waals surface area contributed by atoms with E-state index in [1.165, 1.54) is 0 Å². The van der Waals surface area contributed by atoms with E-state index in [9.17, 15) is 4.89 Å². The van der Waals surface area contributed by atoms with Gasteiger partial charge in [0.1, 0.15) is 0 Å². The topological polar surface area (TPSA) is 23.1 Å². The van der Waals surface area contributed by atoms with Crippen molar-refractivity contribution in [3.05, 3.63) is 0 Å². The monoisotopic (exact) mass is 136 g/mol. The Morgan fingerprint density at radius 3 is 1.33 bits per heavy atom. The summed E-state index contributed by atoms with van der Waals surface area (Å²) in [7, 11) is -0.870. The van der Waals surface area contributed by atoms with Crippen LogP contribution >= 0.6 is 8.15 Å². The summed E-state index contributed by atoms with van der Waals surface area (Å²) in [4.78, 5) is 9.59. The molecule has 0 aromatic heterocycles. The molecular formula is C2H6ClMgOP. The molecule has 0 unspecified atom stereocenters. The Hall–Kier alpha value is 1.45. The van der Waals surface area contributed by atoms with Crippen LogP contribution in [0.1, 0.15) is 0 Å². The first kappa shape index (κ1) is 15.7. The van der Waals surface area contributed by atoms with Gasteiger partial charge in [0.05, 0.1) is 0 Å². The minimum Gasteiger partial charge on any atom is -1.00 e. The van der Waals surface area contributed by atoms with Gasteiger partial charge in [0.2, 0.25) is 0 Å². The maximum absolute atomic E-state index is 9.59. The van der Waals surface area contributed by atoms with Crippen LogP contribution < -0.4 is 17.3 Å². The molecule has 34 valence electrons. The first-order valence-electron chi connectivity index (χ1n) is 1.08. The van der Waals surface area contributed by atoms with Crippen LogP contribution in [-0.4, -0.2) is 36.4 Å². The van der Waals surface area contributed by atoms with Crippen LogP contribution in [0.25, 0.3) is 0 Å². The summed E-state index contributed by atoms with van der Waals surface area (Å²) in [6.07, 6.45) is 0. The van der Waals surface area contributed by atoms with Gasteiger partial charge >= 0.3 is 23.1 Å². The van der Waals surface area contributed by atoms with Crippen LogP contribution in [0.4, 0.5) is 0 Å². The van der Waals surface area contributed by atoms with E-state index in [0.717, 1.165) is 0 Å². The largest absolute Gasteiger partial charge is 2.00 e. The molecule has 4 heteroatoms. The molecule has 0 radical (unpaired) electrons. The van der Waals surface area contributed by atoms with Crippen LogP contribution in [0.15, 0.2) is 0 Å². The molecule has 0 aliphatic carbocycles. The van der Waals surface area contributed by atoms with Crippen LogP contribution in [-0.2, 0) is 0 Å². The van der Waals surface area contributed by atoms with Gasteiger partial charge in [-0.3, -0.25) is 0 Å². The van der Waals surface area contributed by atoms with E-state index in [4.69, 9.17) is 0 Å². The second-order valence-corrected chi connectivity index (χ2v) is 2.44. The van der Waals surface area contributed by atoms with Crippen molar-refractivity contribution in [2.45, 2.75) is 0 Å². The van der Waals surface area contributed by atoms with Gasteiger partial charge in [0.15, 0.2) is 0 Å². The van der Waals surface area contributed by atoms with Crippen molar-refractivity contribution in [3.8, 4) is 0 Å². The van der Waals surface area contributed by atoms with Gasteiger partial charge < -0.3 is 17.3 Å². The summed E-state index contributed by atoms with van der Waals surface area (Å²) in [6, 6.07) is 0. The Morgan fingerprint density at radius 2 is 1.33 bits per heavy atom. The number of halogens is 1. The fourth-order valence-corrected chi connectivity index (χ4v) is 0. The molecule has 1 nitrogen and oxygen atoms in total. The summed E-state index contributed by atoms with van der Waals surface area (Å²) in [5.74, 6) is 0. The molecule has 0 spiro atoms. The molecule has 0 saturated carbocycles. The number of rotatable bonds is 0. The third-order valence-electron chi connectivity index (χ3n) is 0. The summed E-state index contributed by atoms with van der Waals surface area (Å²) >= 11 is 0. The maximum Gasteiger partial charge on any atom is 2.00 e. The minimum absolute atomic E-state index is 0. The second-order valence-electron chi connectivity index (χ2n) is 0.812. The zero-order valence-electron chi connectivity index (χ0n) is 3.94. The van der Waals surface area contributed by atoms with Crippen molar-refractivity contribution in [2.75, 3.05) is 13.3 Å². The van der Waals surface area contributed by atoms with Crippen molar-refractivity contribution in [1.29, 1.82) is 0 Å². The van der Waals surface area contributed by atoms with Gasteiger partial charge in [-0.05, 0) is 0 Å². The first-order chi connectivity index (χ1) is 1.73. The fourth-order valence-electron chi connectivity index (χ4n) is 0. The van der Waals surface area contributed by atoms with Gasteiger partial charge in [0, 0.05) is 0 Å². The Bertz CT molecular complexity index is 18.3. The molecule has 0 rings (SSSR count). The Balaban J connectivity index is -0.0000000450. The summed E-state index contributed by atoms with van der Waals surface area (Å²) < 4.78 is 0. The van der Waals surface area contributed by atoms with E-state index in [-0.39, 0.29) is 35.5 Å². The van der Waals surface area contributed by atoms with Crippen molar-refractivity contribution < 1.29 is 17.3 Å². The molecule has 0 aromatic carbocycles. The molecular weight excluding hydrogens is 131 g/mol. The standard InChI is InChI=1S/C2H6OP.ClH.Mg/c1-4(2)3;;/h1-2H3;1H;/q-1;;+2/p-1. The van der Waals surface area contributed by atoms with Crippen LogP contribution in [0.5, 0.6) is 0 Å². The average Bonchev–Trinajstić information content (AvgIpc) is 0.811. The van der Waals surface area contributed by atoms with Crippen molar-refractivity contribution >= 4 is 31.2 Å². The summed E-state index contributed by atoms with van der Waals surface area (Å²) in [5, 5.41) is 0. The molecule has 0 aliphatic heterocycles. The summed E-state index contributed by atoms with van der Waals surface area (Å²) in [6.45, 7) is 3.35. The molecule has 0 N–H and O–H groups in total. The van der Waals surface area contributed by atoms with E-state index in [1.807, 2.05) is 0 Å². The fraction of sp³-hybridized carbons (Fsp3) is 1.00. The quantitative estimate of drug-likeness (QED) is 0.252. The van der Waals surface area contributed by atoms with Crippen LogP contribution in [0.3, 0.4) is 0 Å². The Labute approximate surface area is 61.9 Å². The van der Waals surface area contributed by atoms with Crippen LogP contribution in [0, 0.1) is 0 Å². The minimum atomic E-state index is -0.870. The zero-order chi connectivity index (χ0) is 3.58. The van der Waals surface area contributed by atoms with Gasteiger partial charge in [-0.2, -0.15) is 0 Å². The number of hydrogen-bond acceptors (Lipinski definition) is 1. The predicted octanol–water partition coefficient (Wildman–Crippen LogP) is -3.37. The van der Waals surface area contributed by atoms with E-state index >= 15 is 0 Å². The maximum atomic E-state index is 9.59. The molecule has 0 atom stereocenters. The summed E-state index contributed by atoms with van der Waals surface area (Å²) in [5.41, 5.74) is 0. The van der Waals surface area contributed by atoms with E-state index in [2.05, 4.69) is 0 Å². The molecule has 0 saturated heterocycles. The Kier molecular flexibility index (Phi) is 25.2. The molecule has 0 bridgehead atoms. The third-order valence-corrected chi connectivity index (χ3v) is 0. The smallest absolute Gasteiger partial charge is 1.00 e. The predicted molar refractivity (Wildman–Crippen MR) is 24.5 cm³/mol. The second kappa shape index (κ2) is 9.67. The molecule has 0 amide bonds. The Morgan fingerprint density at radius 1 is 1.33 bits per heavy atom.